The molecule has 2 heterocycles. The third-order valence-electron chi connectivity index (χ3n) is 2.99. The van der Waals surface area contributed by atoms with Crippen LogP contribution in [0.3, 0.4) is 0 Å². The van der Waals surface area contributed by atoms with E-state index >= 15 is 0 Å². The Balaban J connectivity index is 2.08. The Hall–Kier alpha value is -2.08. The average molecular weight is 319 g/mol. The first kappa shape index (κ1) is 12.0. The summed E-state index contributed by atoms with van der Waals surface area (Å²) in [6, 6.07) is 7.33. The van der Waals surface area contributed by atoms with Gasteiger partial charge in [0, 0.05) is 22.6 Å². The Kier molecular flexibility index (Phi) is 2.87. The minimum atomic E-state index is -0.0747. The molecule has 0 aliphatic rings. The predicted molar refractivity (Wildman–Crippen MR) is 77.1 cm³/mol. The van der Waals surface area contributed by atoms with Crippen molar-refractivity contribution in [1.29, 1.82) is 0 Å². The first-order valence-electron chi connectivity index (χ1n) is 5.72. The maximum absolute atomic E-state index is 12.2. The highest BCUT2D eigenvalue weighted by Gasteiger charge is 2.07. The highest BCUT2D eigenvalue weighted by Crippen LogP contribution is 2.24. The molecule has 0 fully saturated rings. The normalized spacial score (nSPS) is 11.0. The lowest BCUT2D eigenvalue weighted by atomic mass is 10.2. The molecule has 6 heteroatoms. The Morgan fingerprint density at radius 1 is 1.26 bits per heavy atom. The van der Waals surface area contributed by atoms with E-state index in [-0.39, 0.29) is 5.56 Å². The van der Waals surface area contributed by atoms with E-state index in [0.717, 1.165) is 10.0 Å². The largest absolute Gasteiger partial charge is 0.398 e. The molecule has 3 rings (SSSR count). The van der Waals surface area contributed by atoms with Crippen molar-refractivity contribution in [2.24, 2.45) is 0 Å². The summed E-state index contributed by atoms with van der Waals surface area (Å²) in [6.45, 7) is 0.464. The Labute approximate surface area is 117 Å². The van der Waals surface area contributed by atoms with E-state index < -0.39 is 0 Å². The fourth-order valence-electron chi connectivity index (χ4n) is 1.99. The Morgan fingerprint density at radius 2 is 2.11 bits per heavy atom. The van der Waals surface area contributed by atoms with Crippen LogP contribution < -0.4 is 11.3 Å². The summed E-state index contributed by atoms with van der Waals surface area (Å²) < 4.78 is 4.03. The fourth-order valence-corrected chi connectivity index (χ4v) is 2.38. The minimum absolute atomic E-state index is 0.0747. The molecular formula is C13H11BrN4O. The maximum atomic E-state index is 12.2. The second-order valence-electron chi connectivity index (χ2n) is 4.21. The summed E-state index contributed by atoms with van der Waals surface area (Å²) in [7, 11) is 0. The van der Waals surface area contributed by atoms with Gasteiger partial charge in [-0.2, -0.15) is 5.10 Å². The van der Waals surface area contributed by atoms with E-state index in [2.05, 4.69) is 21.0 Å². The fraction of sp³-hybridized carbons (Fsp3) is 0.0769. The summed E-state index contributed by atoms with van der Waals surface area (Å²) in [5.74, 6) is 0. The number of nitrogens with zero attached hydrogens (tertiary/aromatic N) is 3. The molecule has 0 saturated carbocycles. The van der Waals surface area contributed by atoms with E-state index in [0.29, 0.717) is 17.7 Å². The first-order valence-corrected chi connectivity index (χ1v) is 6.52. The van der Waals surface area contributed by atoms with Gasteiger partial charge in [-0.3, -0.25) is 4.79 Å². The molecule has 0 spiro atoms. The number of nitrogens with two attached hydrogens (primary N) is 1. The molecule has 0 amide bonds. The quantitative estimate of drug-likeness (QED) is 0.734. The van der Waals surface area contributed by atoms with Crippen LogP contribution in [0, 0.1) is 0 Å². The van der Waals surface area contributed by atoms with Crippen molar-refractivity contribution < 1.29 is 0 Å². The summed E-state index contributed by atoms with van der Waals surface area (Å²) >= 11 is 3.45. The minimum Gasteiger partial charge on any atom is -0.398 e. The summed E-state index contributed by atoms with van der Waals surface area (Å²) in [5.41, 5.74) is 7.95. The smallest absolute Gasteiger partial charge is 0.276 e. The van der Waals surface area contributed by atoms with Crippen LogP contribution in [0.1, 0.15) is 5.56 Å². The second-order valence-corrected chi connectivity index (χ2v) is 5.01. The van der Waals surface area contributed by atoms with E-state index in [9.17, 15) is 4.79 Å². The van der Waals surface area contributed by atoms with Crippen molar-refractivity contribution in [3.8, 4) is 0 Å². The lowest BCUT2D eigenvalue weighted by Crippen LogP contribution is -2.22. The van der Waals surface area contributed by atoms with E-state index in [1.807, 2.05) is 18.2 Å². The van der Waals surface area contributed by atoms with Crippen molar-refractivity contribution in [3.05, 3.63) is 63.2 Å². The third kappa shape index (κ3) is 2.04. The molecule has 0 unspecified atom stereocenters. The highest BCUT2D eigenvalue weighted by molar-refractivity contribution is 9.10. The zero-order valence-corrected chi connectivity index (χ0v) is 11.5. The van der Waals surface area contributed by atoms with E-state index in [1.54, 1.807) is 33.7 Å². The number of aromatic nitrogens is 3. The molecule has 1 aromatic carbocycles. The highest BCUT2D eigenvalue weighted by atomic mass is 79.9. The van der Waals surface area contributed by atoms with E-state index in [1.165, 1.54) is 0 Å². The molecule has 0 saturated heterocycles. The molecule has 3 aromatic rings. The van der Waals surface area contributed by atoms with Gasteiger partial charge >= 0.3 is 0 Å². The number of hydrogen-bond acceptors (Lipinski definition) is 3. The second kappa shape index (κ2) is 4.55. The van der Waals surface area contributed by atoms with Crippen LogP contribution in [0.15, 0.2) is 52.1 Å². The van der Waals surface area contributed by atoms with Crippen LogP contribution in [0.4, 0.5) is 5.69 Å². The first-order chi connectivity index (χ1) is 9.16. The standard InChI is InChI=1S/C13H11BrN4O/c14-12-9(2-1-3-10(12)15)8-17-6-7-18-11(13(17)19)4-5-16-18/h1-7H,8,15H2. The molecule has 0 aliphatic heterocycles. The molecule has 0 aliphatic carbocycles. The van der Waals surface area contributed by atoms with Crippen LogP contribution in [0.25, 0.3) is 5.52 Å². The zero-order valence-electron chi connectivity index (χ0n) is 9.95. The maximum Gasteiger partial charge on any atom is 0.276 e. The van der Waals surface area contributed by atoms with Crippen LogP contribution in [-0.4, -0.2) is 14.2 Å². The van der Waals surface area contributed by atoms with Crippen molar-refractivity contribution in [3.63, 3.8) is 0 Å². The van der Waals surface area contributed by atoms with Gasteiger partial charge in [-0.15, -0.1) is 0 Å². The number of nitrogen functional groups attached to an aromatic ring is 1. The lowest BCUT2D eigenvalue weighted by Gasteiger charge is -2.09. The average Bonchev–Trinajstić information content (AvgIpc) is 2.87. The van der Waals surface area contributed by atoms with Gasteiger partial charge in [0.2, 0.25) is 0 Å². The molecule has 0 radical (unpaired) electrons. The Bertz CT molecular complexity index is 806. The van der Waals surface area contributed by atoms with Crippen LogP contribution in [-0.2, 0) is 6.54 Å². The van der Waals surface area contributed by atoms with Gasteiger partial charge in [0.1, 0.15) is 5.52 Å². The van der Waals surface area contributed by atoms with Crippen molar-refractivity contribution in [1.82, 2.24) is 14.2 Å². The van der Waals surface area contributed by atoms with Crippen molar-refractivity contribution in [2.75, 3.05) is 5.73 Å². The van der Waals surface area contributed by atoms with Gasteiger partial charge in [-0.05, 0) is 33.6 Å². The molecular weight excluding hydrogens is 308 g/mol. The molecule has 19 heavy (non-hydrogen) atoms. The number of benzene rings is 1. The van der Waals surface area contributed by atoms with Gasteiger partial charge in [0.25, 0.3) is 5.56 Å². The summed E-state index contributed by atoms with van der Waals surface area (Å²) in [4.78, 5) is 12.2. The Morgan fingerprint density at radius 3 is 2.95 bits per heavy atom. The number of anilines is 1. The predicted octanol–water partition coefficient (Wildman–Crippen LogP) is 1.89. The third-order valence-corrected chi connectivity index (χ3v) is 3.95. The molecule has 2 aromatic heterocycles. The van der Waals surface area contributed by atoms with Crippen LogP contribution >= 0.6 is 15.9 Å². The van der Waals surface area contributed by atoms with E-state index in [4.69, 9.17) is 5.73 Å². The molecule has 5 nitrogen and oxygen atoms in total. The zero-order chi connectivity index (χ0) is 13.4. The number of fused-ring (bicyclic) bond motifs is 1. The summed E-state index contributed by atoms with van der Waals surface area (Å²) in [5, 5.41) is 4.03. The van der Waals surface area contributed by atoms with Crippen LogP contribution in [0.5, 0.6) is 0 Å². The van der Waals surface area contributed by atoms with Gasteiger partial charge < -0.3 is 10.3 Å². The number of hydrogen-bond donors (Lipinski definition) is 1. The van der Waals surface area contributed by atoms with Gasteiger partial charge in [-0.25, -0.2) is 4.52 Å². The SMILES string of the molecule is Nc1cccc(Cn2ccn3nccc3c2=O)c1Br. The number of halogens is 1. The van der Waals surface area contributed by atoms with Gasteiger partial charge in [-0.1, -0.05) is 12.1 Å². The molecule has 0 bridgehead atoms. The van der Waals surface area contributed by atoms with Gasteiger partial charge in [0.05, 0.1) is 12.7 Å². The summed E-state index contributed by atoms with van der Waals surface area (Å²) in [6.07, 6.45) is 5.09. The van der Waals surface area contributed by atoms with Crippen molar-refractivity contribution >= 4 is 27.1 Å². The monoisotopic (exact) mass is 318 g/mol. The molecule has 96 valence electrons. The lowest BCUT2D eigenvalue weighted by molar-refractivity contribution is 0.741. The topological polar surface area (TPSA) is 65.3 Å². The van der Waals surface area contributed by atoms with Crippen molar-refractivity contribution in [2.45, 2.75) is 6.54 Å². The van der Waals surface area contributed by atoms with Crippen LogP contribution in [0.2, 0.25) is 0 Å². The molecule has 0 atom stereocenters. The number of rotatable bonds is 2. The van der Waals surface area contributed by atoms with Gasteiger partial charge in [0.15, 0.2) is 0 Å². The molecule has 2 N–H and O–H groups in total.